The second kappa shape index (κ2) is 9.28. The van der Waals surface area contributed by atoms with Crippen molar-refractivity contribution in [3.63, 3.8) is 0 Å². The summed E-state index contributed by atoms with van der Waals surface area (Å²) in [6, 6.07) is 17.0. The minimum absolute atomic E-state index is 0.139. The molecule has 7 nitrogen and oxygen atoms in total. The fraction of sp³-hybridized carbons (Fsp3) is 0.208. The molecule has 1 amide bonds. The average Bonchev–Trinajstić information content (AvgIpc) is 3.31. The summed E-state index contributed by atoms with van der Waals surface area (Å²) in [5.41, 5.74) is 4.05. The summed E-state index contributed by atoms with van der Waals surface area (Å²) in [6.07, 6.45) is 0. The first-order valence-electron chi connectivity index (χ1n) is 10.1. The van der Waals surface area contributed by atoms with Gasteiger partial charge in [-0.3, -0.25) is 9.48 Å². The maximum Gasteiger partial charge on any atom is 0.279 e. The first kappa shape index (κ1) is 21.6. The number of halogens is 1. The maximum absolute atomic E-state index is 12.9. The number of nitrogens with zero attached hydrogens (tertiary/aromatic N) is 3. The summed E-state index contributed by atoms with van der Waals surface area (Å²) in [4.78, 5) is 12.9. The lowest BCUT2D eigenvalue weighted by molar-refractivity contribution is 0.101. The van der Waals surface area contributed by atoms with Gasteiger partial charge in [-0.25, -0.2) is 0 Å². The Hall–Kier alpha value is -3.58. The van der Waals surface area contributed by atoms with Crippen molar-refractivity contribution in [3.8, 4) is 5.75 Å². The molecule has 0 unspecified atom stereocenters. The summed E-state index contributed by atoms with van der Waals surface area (Å²) < 4.78 is 12.9. The van der Waals surface area contributed by atoms with E-state index in [-0.39, 0.29) is 12.3 Å². The molecule has 0 aliphatic rings. The van der Waals surface area contributed by atoms with E-state index in [0.717, 1.165) is 5.69 Å². The Morgan fingerprint density at radius 2 is 1.88 bits per heavy atom. The van der Waals surface area contributed by atoms with Crippen LogP contribution in [0.5, 0.6) is 5.75 Å². The summed E-state index contributed by atoms with van der Waals surface area (Å²) in [7, 11) is 0. The van der Waals surface area contributed by atoms with E-state index in [4.69, 9.17) is 20.9 Å². The highest BCUT2D eigenvalue weighted by molar-refractivity contribution is 6.30. The Kier molecular flexibility index (Phi) is 6.28. The van der Waals surface area contributed by atoms with Crippen LogP contribution in [0.15, 0.2) is 59.1 Å². The third-order valence-electron chi connectivity index (χ3n) is 5.20. The molecule has 0 saturated heterocycles. The van der Waals surface area contributed by atoms with Crippen molar-refractivity contribution >= 4 is 23.3 Å². The lowest BCUT2D eigenvalue weighted by Crippen LogP contribution is -2.16. The highest BCUT2D eigenvalue weighted by Crippen LogP contribution is 2.21. The van der Waals surface area contributed by atoms with Crippen LogP contribution in [0.25, 0.3) is 0 Å². The number of rotatable bonds is 7. The van der Waals surface area contributed by atoms with Crippen LogP contribution < -0.4 is 10.1 Å². The molecule has 0 radical (unpaired) electrons. The zero-order valence-corrected chi connectivity index (χ0v) is 18.8. The van der Waals surface area contributed by atoms with Gasteiger partial charge in [-0.1, -0.05) is 41.0 Å². The first-order chi connectivity index (χ1) is 15.4. The zero-order chi connectivity index (χ0) is 22.7. The number of carbonyl (C=O) groups excluding carboxylic acids is 1. The Bertz CT molecular complexity index is 1240. The van der Waals surface area contributed by atoms with E-state index in [1.807, 2.05) is 29.8 Å². The monoisotopic (exact) mass is 450 g/mol. The van der Waals surface area contributed by atoms with Gasteiger partial charge in [-0.05, 0) is 56.2 Å². The molecule has 2 aromatic heterocycles. The number of aromatic nitrogens is 3. The predicted octanol–water partition coefficient (Wildman–Crippen LogP) is 5.33. The van der Waals surface area contributed by atoms with Crippen molar-refractivity contribution in [2.75, 3.05) is 5.32 Å². The van der Waals surface area contributed by atoms with E-state index in [0.29, 0.717) is 34.5 Å². The number of aryl methyl sites for hydroxylation is 3. The molecular weight excluding hydrogens is 428 g/mol. The van der Waals surface area contributed by atoms with Gasteiger partial charge < -0.3 is 14.6 Å². The lowest BCUT2D eigenvalue weighted by atomic mass is 10.1. The van der Waals surface area contributed by atoms with Gasteiger partial charge in [0, 0.05) is 16.8 Å². The van der Waals surface area contributed by atoms with Gasteiger partial charge in [0.15, 0.2) is 11.5 Å². The molecule has 2 heterocycles. The fourth-order valence-corrected chi connectivity index (χ4v) is 3.41. The highest BCUT2D eigenvalue weighted by atomic mass is 35.5. The summed E-state index contributed by atoms with van der Waals surface area (Å²) in [5.74, 6) is 1.20. The van der Waals surface area contributed by atoms with E-state index in [2.05, 4.69) is 34.6 Å². The van der Waals surface area contributed by atoms with Crippen LogP contribution in [0.4, 0.5) is 5.82 Å². The second-order valence-electron chi connectivity index (χ2n) is 7.52. The Morgan fingerprint density at radius 1 is 1.12 bits per heavy atom. The highest BCUT2D eigenvalue weighted by Gasteiger charge is 2.21. The largest absolute Gasteiger partial charge is 0.489 e. The minimum Gasteiger partial charge on any atom is -0.489 e. The second-order valence-corrected chi connectivity index (χ2v) is 7.95. The molecule has 1 N–H and O–H groups in total. The topological polar surface area (TPSA) is 82.2 Å². The number of hydrogen-bond acceptors (Lipinski definition) is 5. The smallest absolute Gasteiger partial charge is 0.279 e. The Morgan fingerprint density at radius 3 is 2.62 bits per heavy atom. The summed E-state index contributed by atoms with van der Waals surface area (Å²) in [5, 5.41) is 11.9. The molecule has 0 aliphatic heterocycles. The van der Waals surface area contributed by atoms with Gasteiger partial charge >= 0.3 is 0 Å². The SMILES string of the molecule is Cc1ccccc1Cn1nc(NC(=O)c2noc(C)c2COc2ccc(Cl)cc2)cc1C. The van der Waals surface area contributed by atoms with Gasteiger partial charge in [-0.2, -0.15) is 5.10 Å². The van der Waals surface area contributed by atoms with Gasteiger partial charge in [0.25, 0.3) is 5.91 Å². The molecule has 4 rings (SSSR count). The number of ether oxygens (including phenoxy) is 1. The van der Waals surface area contributed by atoms with Gasteiger partial charge in [0.2, 0.25) is 0 Å². The summed E-state index contributed by atoms with van der Waals surface area (Å²) >= 11 is 5.91. The third kappa shape index (κ3) is 4.84. The molecule has 0 saturated carbocycles. The van der Waals surface area contributed by atoms with E-state index in [1.165, 1.54) is 11.1 Å². The van der Waals surface area contributed by atoms with Crippen molar-refractivity contribution in [1.29, 1.82) is 0 Å². The molecule has 8 heteroatoms. The van der Waals surface area contributed by atoms with Crippen molar-refractivity contribution in [2.24, 2.45) is 0 Å². The standard InChI is InChI=1S/C24H23ClN4O3/c1-15-6-4-5-7-18(15)13-29-16(2)12-22(27-29)26-24(30)23-21(17(3)32-28-23)14-31-20-10-8-19(25)9-11-20/h4-12H,13-14H2,1-3H3,(H,26,27,30). The number of carbonyl (C=O) groups is 1. The van der Waals surface area contributed by atoms with E-state index >= 15 is 0 Å². The van der Waals surface area contributed by atoms with E-state index in [9.17, 15) is 4.79 Å². The van der Waals surface area contributed by atoms with Crippen LogP contribution in [0, 0.1) is 20.8 Å². The van der Waals surface area contributed by atoms with Gasteiger partial charge in [0.05, 0.1) is 12.1 Å². The molecular formula is C24H23ClN4O3. The van der Waals surface area contributed by atoms with Gasteiger partial charge in [-0.15, -0.1) is 0 Å². The predicted molar refractivity (Wildman–Crippen MR) is 122 cm³/mol. The van der Waals surface area contributed by atoms with Crippen LogP contribution in [-0.4, -0.2) is 20.8 Å². The van der Waals surface area contributed by atoms with Crippen LogP contribution in [0.3, 0.4) is 0 Å². The number of anilines is 1. The average molecular weight is 451 g/mol. The van der Waals surface area contributed by atoms with E-state index in [1.54, 1.807) is 31.2 Å². The molecule has 0 spiro atoms. The van der Waals surface area contributed by atoms with Crippen molar-refractivity contribution < 1.29 is 14.1 Å². The van der Waals surface area contributed by atoms with Crippen molar-refractivity contribution in [1.82, 2.24) is 14.9 Å². The normalized spacial score (nSPS) is 10.9. The number of benzene rings is 2. The van der Waals surface area contributed by atoms with Crippen LogP contribution >= 0.6 is 11.6 Å². The minimum atomic E-state index is -0.405. The van der Waals surface area contributed by atoms with Crippen LogP contribution in [0.2, 0.25) is 5.02 Å². The zero-order valence-electron chi connectivity index (χ0n) is 18.1. The quantitative estimate of drug-likeness (QED) is 0.411. The van der Waals surface area contributed by atoms with Crippen LogP contribution in [0.1, 0.15) is 38.6 Å². The fourth-order valence-electron chi connectivity index (χ4n) is 3.28. The third-order valence-corrected chi connectivity index (χ3v) is 5.45. The number of nitrogens with one attached hydrogen (secondary N) is 1. The molecule has 4 aromatic rings. The number of hydrogen-bond donors (Lipinski definition) is 1. The molecule has 0 fully saturated rings. The number of amides is 1. The van der Waals surface area contributed by atoms with Gasteiger partial charge in [0.1, 0.15) is 18.1 Å². The molecule has 0 bridgehead atoms. The molecule has 32 heavy (non-hydrogen) atoms. The first-order valence-corrected chi connectivity index (χ1v) is 10.5. The van der Waals surface area contributed by atoms with Crippen LogP contribution in [-0.2, 0) is 13.2 Å². The molecule has 164 valence electrons. The summed E-state index contributed by atoms with van der Waals surface area (Å²) in [6.45, 7) is 6.52. The Labute approximate surface area is 190 Å². The Balaban J connectivity index is 1.46. The van der Waals surface area contributed by atoms with Crippen molar-refractivity contribution in [3.05, 3.63) is 93.5 Å². The van der Waals surface area contributed by atoms with E-state index < -0.39 is 5.91 Å². The lowest BCUT2D eigenvalue weighted by Gasteiger charge is -2.08. The molecule has 0 atom stereocenters. The van der Waals surface area contributed by atoms with Crippen molar-refractivity contribution in [2.45, 2.75) is 33.9 Å². The molecule has 0 aliphatic carbocycles. The maximum atomic E-state index is 12.9. The molecule has 2 aromatic carbocycles.